The van der Waals surface area contributed by atoms with Crippen LogP contribution in [0.3, 0.4) is 0 Å². The minimum Gasteiger partial charge on any atom is -0.510 e. The third-order valence-corrected chi connectivity index (χ3v) is 7.93. The van der Waals surface area contributed by atoms with E-state index in [0.29, 0.717) is 11.5 Å². The second kappa shape index (κ2) is 9.15. The zero-order valence-corrected chi connectivity index (χ0v) is 21.7. The molecule has 3 aliphatic carbocycles. The lowest BCUT2D eigenvalue weighted by Gasteiger charge is -2.50. The van der Waals surface area contributed by atoms with Crippen LogP contribution in [-0.2, 0) is 16.0 Å². The maximum absolute atomic E-state index is 13.8. The molecular formula is C28H34N2O7. The highest BCUT2D eigenvalue weighted by atomic mass is 16.3. The number of fused-ring (bicyclic) bond motifs is 3. The van der Waals surface area contributed by atoms with Crippen molar-refractivity contribution in [1.29, 1.82) is 0 Å². The molecule has 198 valence electrons. The lowest BCUT2D eigenvalue weighted by atomic mass is 9.58. The van der Waals surface area contributed by atoms with Crippen LogP contribution in [-0.4, -0.2) is 68.5 Å². The van der Waals surface area contributed by atoms with Crippen molar-refractivity contribution in [2.45, 2.75) is 51.7 Å². The molecule has 4 rings (SSSR count). The maximum Gasteiger partial charge on any atom is 0.255 e. The highest BCUT2D eigenvalue weighted by molar-refractivity contribution is 6.24. The summed E-state index contributed by atoms with van der Waals surface area (Å²) >= 11 is 0. The lowest BCUT2D eigenvalue weighted by molar-refractivity contribution is -0.148. The average molecular weight is 511 g/mol. The maximum atomic E-state index is 13.8. The molecule has 0 spiro atoms. The van der Waals surface area contributed by atoms with Crippen molar-refractivity contribution >= 4 is 23.0 Å². The molecule has 1 aromatic rings. The number of rotatable bonds is 5. The monoisotopic (exact) mass is 510 g/mol. The number of hydrogen-bond donors (Lipinski definition) is 5. The summed E-state index contributed by atoms with van der Waals surface area (Å²) in [6, 6.07) is 2.18. The quantitative estimate of drug-likeness (QED) is 0.378. The van der Waals surface area contributed by atoms with Crippen molar-refractivity contribution in [2.75, 3.05) is 14.1 Å². The molecule has 4 atom stereocenters. The number of primary amides is 1. The van der Waals surface area contributed by atoms with Crippen LogP contribution >= 0.6 is 0 Å². The Labute approximate surface area is 215 Å². The van der Waals surface area contributed by atoms with Crippen molar-refractivity contribution in [1.82, 2.24) is 4.90 Å². The van der Waals surface area contributed by atoms with E-state index in [1.54, 1.807) is 20.2 Å². The molecule has 0 radical (unpaired) electrons. The molecule has 0 aromatic heterocycles. The summed E-state index contributed by atoms with van der Waals surface area (Å²) in [5.74, 6) is -6.07. The number of nitrogens with zero attached hydrogens (tertiary/aromatic N) is 1. The normalized spacial score (nSPS) is 28.0. The van der Waals surface area contributed by atoms with Gasteiger partial charge in [0.05, 0.1) is 11.6 Å². The zero-order valence-electron chi connectivity index (χ0n) is 21.7. The number of benzene rings is 1. The molecule has 0 saturated carbocycles. The van der Waals surface area contributed by atoms with Crippen LogP contribution in [0, 0.1) is 17.8 Å². The van der Waals surface area contributed by atoms with E-state index in [9.17, 15) is 34.8 Å². The SMILES string of the molecule is C/C(=C/CC(C)C)c1ccc(O)c2c1CC1CC3C(N(C)C)C(O)=C(C(N)=O)C(=O)C3(O)C(O)=C1C2=O. The van der Waals surface area contributed by atoms with Crippen molar-refractivity contribution in [2.24, 2.45) is 23.5 Å². The number of nitrogens with two attached hydrogens (primary N) is 1. The second-order valence-corrected chi connectivity index (χ2v) is 11.0. The molecule has 9 nitrogen and oxygen atoms in total. The molecule has 4 unspecified atom stereocenters. The Morgan fingerprint density at radius 2 is 1.86 bits per heavy atom. The number of carbonyl (C=O) groups excluding carboxylic acids is 3. The summed E-state index contributed by atoms with van der Waals surface area (Å²) < 4.78 is 0. The summed E-state index contributed by atoms with van der Waals surface area (Å²) in [5.41, 5.74) is 4.17. The average Bonchev–Trinajstić information content (AvgIpc) is 2.79. The molecule has 0 bridgehead atoms. The molecule has 0 saturated heterocycles. The van der Waals surface area contributed by atoms with Crippen LogP contribution in [0.25, 0.3) is 5.57 Å². The smallest absolute Gasteiger partial charge is 0.255 e. The van der Waals surface area contributed by atoms with Gasteiger partial charge in [-0.25, -0.2) is 0 Å². The number of hydrogen-bond acceptors (Lipinski definition) is 8. The molecule has 1 amide bonds. The Morgan fingerprint density at radius 1 is 1.22 bits per heavy atom. The first-order valence-electron chi connectivity index (χ1n) is 12.4. The van der Waals surface area contributed by atoms with Gasteiger partial charge in [0.2, 0.25) is 5.78 Å². The number of aliphatic hydroxyl groups excluding tert-OH is 2. The van der Waals surface area contributed by atoms with E-state index >= 15 is 0 Å². The van der Waals surface area contributed by atoms with E-state index in [4.69, 9.17) is 5.73 Å². The standard InChI is InChI=1S/C28H34N2O7/c1-12(2)6-7-13(3)15-8-9-18(31)20-16(15)10-14-11-17-22(30(4)5)24(33)21(27(29)36)26(35)28(17,37)25(34)19(14)23(20)32/h7-9,12,14,17,22,31,33-34,37H,6,10-11H2,1-5H3,(H2,29,36)/b13-7-. The number of Topliss-reactive ketones (excluding diaryl/α,β-unsaturated/α-hetero) is 2. The Balaban J connectivity index is 1.92. The molecule has 37 heavy (non-hydrogen) atoms. The van der Waals surface area contributed by atoms with Gasteiger partial charge in [0.25, 0.3) is 5.91 Å². The highest BCUT2D eigenvalue weighted by Gasteiger charge is 2.63. The number of aliphatic hydroxyl groups is 3. The number of amides is 1. The van der Waals surface area contributed by atoms with E-state index in [1.165, 1.54) is 11.0 Å². The summed E-state index contributed by atoms with van der Waals surface area (Å²) in [6.45, 7) is 6.14. The minimum absolute atomic E-state index is 0.0237. The van der Waals surface area contributed by atoms with Gasteiger partial charge in [0, 0.05) is 11.5 Å². The van der Waals surface area contributed by atoms with Gasteiger partial charge in [-0.3, -0.25) is 19.3 Å². The first-order valence-corrected chi connectivity index (χ1v) is 12.4. The van der Waals surface area contributed by atoms with Crippen LogP contribution < -0.4 is 5.73 Å². The van der Waals surface area contributed by atoms with E-state index < -0.39 is 58.0 Å². The third-order valence-electron chi connectivity index (χ3n) is 7.93. The molecule has 1 aromatic carbocycles. The topological polar surface area (TPSA) is 161 Å². The van der Waals surface area contributed by atoms with Crippen molar-refractivity contribution in [3.63, 3.8) is 0 Å². The lowest BCUT2D eigenvalue weighted by Crippen LogP contribution is -2.63. The van der Waals surface area contributed by atoms with Gasteiger partial charge in [-0.1, -0.05) is 26.0 Å². The number of phenolic OH excluding ortho intramolecular Hbond substituents is 1. The predicted octanol–water partition coefficient (Wildman–Crippen LogP) is 2.57. The first-order chi connectivity index (χ1) is 17.2. The van der Waals surface area contributed by atoms with E-state index in [1.807, 2.05) is 6.92 Å². The number of allylic oxidation sites excluding steroid dienone is 3. The van der Waals surface area contributed by atoms with Gasteiger partial charge in [0.15, 0.2) is 11.4 Å². The van der Waals surface area contributed by atoms with Gasteiger partial charge in [0.1, 0.15) is 22.8 Å². The number of aromatic hydroxyl groups is 1. The molecule has 0 heterocycles. The van der Waals surface area contributed by atoms with Crippen LogP contribution in [0.15, 0.2) is 40.9 Å². The van der Waals surface area contributed by atoms with Gasteiger partial charge in [-0.15, -0.1) is 0 Å². The Kier molecular flexibility index (Phi) is 6.58. The molecule has 6 N–H and O–H groups in total. The van der Waals surface area contributed by atoms with Gasteiger partial charge >= 0.3 is 0 Å². The second-order valence-electron chi connectivity index (χ2n) is 11.0. The van der Waals surface area contributed by atoms with Crippen LogP contribution in [0.5, 0.6) is 5.75 Å². The van der Waals surface area contributed by atoms with Crippen molar-refractivity contribution in [3.8, 4) is 5.75 Å². The predicted molar refractivity (Wildman–Crippen MR) is 137 cm³/mol. The third kappa shape index (κ3) is 3.88. The Bertz CT molecular complexity index is 1300. The first kappa shape index (κ1) is 26.6. The van der Waals surface area contributed by atoms with Gasteiger partial charge < -0.3 is 26.2 Å². The fourth-order valence-electron chi connectivity index (χ4n) is 6.14. The molecule has 0 fully saturated rings. The van der Waals surface area contributed by atoms with Crippen LogP contribution in [0.1, 0.15) is 55.1 Å². The van der Waals surface area contributed by atoms with Crippen molar-refractivity contribution in [3.05, 3.63) is 57.6 Å². The number of phenols is 1. The van der Waals surface area contributed by atoms with Crippen molar-refractivity contribution < 1.29 is 34.8 Å². The molecule has 0 aliphatic heterocycles. The summed E-state index contributed by atoms with van der Waals surface area (Å²) in [5, 5.41) is 44.5. The Hall–Kier alpha value is -3.43. The summed E-state index contributed by atoms with van der Waals surface area (Å²) in [6.07, 6.45) is 3.25. The largest absolute Gasteiger partial charge is 0.510 e. The summed E-state index contributed by atoms with van der Waals surface area (Å²) in [7, 11) is 3.21. The fourth-order valence-corrected chi connectivity index (χ4v) is 6.14. The molecular weight excluding hydrogens is 476 g/mol. The van der Waals surface area contributed by atoms with Crippen LogP contribution in [0.4, 0.5) is 0 Å². The van der Waals surface area contributed by atoms with Gasteiger partial charge in [-0.05, 0) is 74.9 Å². The number of likely N-dealkylation sites (N-methyl/N-ethyl adjacent to an activating group) is 1. The van der Waals surface area contributed by atoms with E-state index in [0.717, 1.165) is 17.6 Å². The summed E-state index contributed by atoms with van der Waals surface area (Å²) in [4.78, 5) is 40.7. The van der Waals surface area contributed by atoms with E-state index in [-0.39, 0.29) is 29.7 Å². The molecule has 9 heteroatoms. The minimum atomic E-state index is -2.63. The van der Waals surface area contributed by atoms with E-state index in [2.05, 4.69) is 19.9 Å². The highest BCUT2D eigenvalue weighted by Crippen LogP contribution is 2.52. The zero-order chi connectivity index (χ0) is 27.6. The fraction of sp³-hybridized carbons (Fsp3) is 0.464. The molecule has 3 aliphatic rings. The van der Waals surface area contributed by atoms with Gasteiger partial charge in [-0.2, -0.15) is 0 Å². The van der Waals surface area contributed by atoms with Crippen LogP contribution in [0.2, 0.25) is 0 Å². The number of carbonyl (C=O) groups is 3. The number of ketones is 2. The Morgan fingerprint density at radius 3 is 2.43 bits per heavy atom.